The minimum atomic E-state index is -4.86. The molecule has 0 aliphatic carbocycles. The summed E-state index contributed by atoms with van der Waals surface area (Å²) in [6, 6.07) is 3.30. The standard InChI is InChI=1S/C16H15ClF3N3O3/c1-25-12-7-11-10(14(17)22-8-21-11)6-13(12)26-9-2-4-23(5-3-9)15(24)16(18,19)20/h6-9H,2-5H2,1H3. The van der Waals surface area contributed by atoms with Crippen molar-refractivity contribution < 1.29 is 27.4 Å². The molecule has 10 heteroatoms. The zero-order chi connectivity index (χ0) is 18.9. The Morgan fingerprint density at radius 1 is 1.23 bits per heavy atom. The molecule has 140 valence electrons. The van der Waals surface area contributed by atoms with Gasteiger partial charge in [0, 0.05) is 37.4 Å². The highest BCUT2D eigenvalue weighted by Gasteiger charge is 2.43. The van der Waals surface area contributed by atoms with Crippen LogP contribution in [0.25, 0.3) is 10.9 Å². The molecule has 1 aliphatic rings. The lowest BCUT2D eigenvalue weighted by Gasteiger charge is -2.32. The number of benzene rings is 1. The van der Waals surface area contributed by atoms with Crippen LogP contribution in [0, 0.1) is 0 Å². The normalized spacial score (nSPS) is 16.0. The maximum Gasteiger partial charge on any atom is 0.471 e. The molecular formula is C16H15ClF3N3O3. The lowest BCUT2D eigenvalue weighted by molar-refractivity contribution is -0.187. The van der Waals surface area contributed by atoms with E-state index < -0.39 is 12.1 Å². The second-order valence-corrected chi connectivity index (χ2v) is 6.15. The third kappa shape index (κ3) is 3.77. The molecule has 0 saturated carbocycles. The van der Waals surface area contributed by atoms with E-state index in [0.29, 0.717) is 22.4 Å². The summed E-state index contributed by atoms with van der Waals surface area (Å²) in [5.41, 5.74) is 0.583. The smallest absolute Gasteiger partial charge is 0.471 e. The van der Waals surface area contributed by atoms with Crippen molar-refractivity contribution in [1.29, 1.82) is 0 Å². The second kappa shape index (κ2) is 7.14. The lowest BCUT2D eigenvalue weighted by atomic mass is 10.1. The lowest BCUT2D eigenvalue weighted by Crippen LogP contribution is -2.47. The van der Waals surface area contributed by atoms with Crippen LogP contribution < -0.4 is 9.47 Å². The molecule has 0 unspecified atom stereocenters. The fourth-order valence-corrected chi connectivity index (χ4v) is 3.01. The Morgan fingerprint density at radius 3 is 2.54 bits per heavy atom. The van der Waals surface area contributed by atoms with Crippen LogP contribution in [0.1, 0.15) is 12.8 Å². The van der Waals surface area contributed by atoms with E-state index in [4.69, 9.17) is 21.1 Å². The molecule has 1 aliphatic heterocycles. The van der Waals surface area contributed by atoms with Gasteiger partial charge >= 0.3 is 12.1 Å². The van der Waals surface area contributed by atoms with Crippen molar-refractivity contribution in [1.82, 2.24) is 14.9 Å². The van der Waals surface area contributed by atoms with Crippen molar-refractivity contribution in [3.05, 3.63) is 23.6 Å². The summed E-state index contributed by atoms with van der Waals surface area (Å²) in [6.45, 7) is -0.0501. The van der Waals surface area contributed by atoms with Crippen LogP contribution in [-0.2, 0) is 4.79 Å². The van der Waals surface area contributed by atoms with Crippen LogP contribution in [0.4, 0.5) is 13.2 Å². The van der Waals surface area contributed by atoms with Crippen molar-refractivity contribution >= 4 is 28.4 Å². The molecule has 1 amide bonds. The van der Waals surface area contributed by atoms with Gasteiger partial charge in [0.25, 0.3) is 0 Å². The first-order valence-electron chi connectivity index (χ1n) is 7.80. The molecule has 1 aromatic carbocycles. The molecule has 3 rings (SSSR count). The van der Waals surface area contributed by atoms with Crippen LogP contribution in [0.5, 0.6) is 11.5 Å². The number of halogens is 4. The van der Waals surface area contributed by atoms with Crippen molar-refractivity contribution in [2.45, 2.75) is 25.1 Å². The van der Waals surface area contributed by atoms with Gasteiger partial charge in [-0.1, -0.05) is 11.6 Å². The fraction of sp³-hybridized carbons (Fsp3) is 0.438. The van der Waals surface area contributed by atoms with E-state index >= 15 is 0 Å². The molecule has 2 heterocycles. The van der Waals surface area contributed by atoms with E-state index in [1.54, 1.807) is 12.1 Å². The van der Waals surface area contributed by atoms with Gasteiger partial charge in [0.15, 0.2) is 11.5 Å². The molecule has 0 spiro atoms. The van der Waals surface area contributed by atoms with Crippen molar-refractivity contribution in [2.24, 2.45) is 0 Å². The van der Waals surface area contributed by atoms with Crippen LogP contribution in [-0.4, -0.2) is 53.3 Å². The number of nitrogens with zero attached hydrogens (tertiary/aromatic N) is 3. The number of ether oxygens (including phenoxy) is 2. The van der Waals surface area contributed by atoms with Gasteiger partial charge in [-0.2, -0.15) is 13.2 Å². The minimum absolute atomic E-state index is 0.0250. The average molecular weight is 390 g/mol. The molecule has 0 bridgehead atoms. The molecular weight excluding hydrogens is 375 g/mol. The Kier molecular flexibility index (Phi) is 5.08. The van der Waals surface area contributed by atoms with Gasteiger partial charge in [-0.3, -0.25) is 4.79 Å². The van der Waals surface area contributed by atoms with Gasteiger partial charge in [-0.15, -0.1) is 0 Å². The highest BCUT2D eigenvalue weighted by molar-refractivity contribution is 6.34. The van der Waals surface area contributed by atoms with E-state index in [1.165, 1.54) is 13.4 Å². The molecule has 6 nitrogen and oxygen atoms in total. The number of likely N-dealkylation sites (tertiary alicyclic amines) is 1. The molecule has 1 fully saturated rings. The average Bonchev–Trinajstić information content (AvgIpc) is 2.61. The van der Waals surface area contributed by atoms with E-state index in [1.807, 2.05) is 0 Å². The summed E-state index contributed by atoms with van der Waals surface area (Å²) in [6.07, 6.45) is -3.31. The summed E-state index contributed by atoms with van der Waals surface area (Å²) < 4.78 is 48.7. The Labute approximate surface area is 151 Å². The van der Waals surface area contributed by atoms with E-state index in [0.717, 1.165) is 4.90 Å². The number of fused-ring (bicyclic) bond motifs is 1. The number of rotatable bonds is 3. The van der Waals surface area contributed by atoms with Gasteiger partial charge < -0.3 is 14.4 Å². The van der Waals surface area contributed by atoms with Crippen molar-refractivity contribution in [2.75, 3.05) is 20.2 Å². The van der Waals surface area contributed by atoms with Crippen LogP contribution in [0.15, 0.2) is 18.5 Å². The third-order valence-corrected chi connectivity index (χ3v) is 4.44. The molecule has 2 aromatic rings. The maximum atomic E-state index is 12.5. The van der Waals surface area contributed by atoms with Gasteiger partial charge in [0.05, 0.1) is 12.6 Å². The zero-order valence-corrected chi connectivity index (χ0v) is 14.5. The Bertz CT molecular complexity index is 823. The van der Waals surface area contributed by atoms with E-state index in [9.17, 15) is 18.0 Å². The molecule has 1 saturated heterocycles. The largest absolute Gasteiger partial charge is 0.493 e. The van der Waals surface area contributed by atoms with Gasteiger partial charge in [-0.25, -0.2) is 9.97 Å². The summed E-state index contributed by atoms with van der Waals surface area (Å²) in [5, 5.41) is 0.836. The molecule has 26 heavy (non-hydrogen) atoms. The number of carbonyl (C=O) groups excluding carboxylic acids is 1. The molecule has 0 N–H and O–H groups in total. The highest BCUT2D eigenvalue weighted by atomic mass is 35.5. The fourth-order valence-electron chi connectivity index (χ4n) is 2.82. The summed E-state index contributed by atoms with van der Waals surface area (Å²) in [4.78, 5) is 20.1. The number of methoxy groups -OCH3 is 1. The predicted octanol–water partition coefficient (Wildman–Crippen LogP) is 3.22. The number of amides is 1. The summed E-state index contributed by atoms with van der Waals surface area (Å²) in [7, 11) is 1.47. The SMILES string of the molecule is COc1cc2ncnc(Cl)c2cc1OC1CCN(C(=O)C(F)(F)F)CC1. The number of piperidine rings is 1. The van der Waals surface area contributed by atoms with Crippen molar-refractivity contribution in [3.8, 4) is 11.5 Å². The first-order valence-corrected chi connectivity index (χ1v) is 8.18. The van der Waals surface area contributed by atoms with Gasteiger partial charge in [0.1, 0.15) is 17.6 Å². The Morgan fingerprint density at radius 2 is 1.92 bits per heavy atom. The van der Waals surface area contributed by atoms with Crippen LogP contribution in [0.3, 0.4) is 0 Å². The summed E-state index contributed by atoms with van der Waals surface area (Å²) in [5.74, 6) is -0.985. The number of carbonyl (C=O) groups is 1. The van der Waals surface area contributed by atoms with E-state index in [-0.39, 0.29) is 37.2 Å². The molecule has 1 aromatic heterocycles. The molecule has 0 radical (unpaired) electrons. The zero-order valence-electron chi connectivity index (χ0n) is 13.7. The minimum Gasteiger partial charge on any atom is -0.493 e. The quantitative estimate of drug-likeness (QED) is 0.754. The van der Waals surface area contributed by atoms with Crippen molar-refractivity contribution in [3.63, 3.8) is 0 Å². The number of hydrogen-bond donors (Lipinski definition) is 0. The van der Waals surface area contributed by atoms with E-state index in [2.05, 4.69) is 9.97 Å². The topological polar surface area (TPSA) is 64.6 Å². The first kappa shape index (κ1) is 18.5. The first-order chi connectivity index (χ1) is 12.3. The predicted molar refractivity (Wildman–Crippen MR) is 87.4 cm³/mol. The Hall–Kier alpha value is -2.29. The monoisotopic (exact) mass is 389 g/mol. The van der Waals surface area contributed by atoms with Gasteiger partial charge in [-0.05, 0) is 6.07 Å². The maximum absolute atomic E-state index is 12.5. The van der Waals surface area contributed by atoms with Crippen LogP contribution >= 0.6 is 11.6 Å². The number of alkyl halides is 3. The van der Waals surface area contributed by atoms with Gasteiger partial charge in [0.2, 0.25) is 0 Å². The highest BCUT2D eigenvalue weighted by Crippen LogP contribution is 2.35. The second-order valence-electron chi connectivity index (χ2n) is 5.79. The summed E-state index contributed by atoms with van der Waals surface area (Å²) >= 11 is 6.07. The Balaban J connectivity index is 1.74. The number of aromatic nitrogens is 2. The molecule has 0 atom stereocenters. The van der Waals surface area contributed by atoms with Crippen LogP contribution in [0.2, 0.25) is 5.15 Å². The third-order valence-electron chi connectivity index (χ3n) is 4.14. The number of hydrogen-bond acceptors (Lipinski definition) is 5.